The summed E-state index contributed by atoms with van der Waals surface area (Å²) in [6.45, 7) is 6.55. The molecule has 1 atom stereocenters. The van der Waals surface area contributed by atoms with Crippen LogP contribution in [0.15, 0.2) is 12.1 Å². The predicted octanol–water partition coefficient (Wildman–Crippen LogP) is -0.300. The lowest BCUT2D eigenvalue weighted by molar-refractivity contribution is -0.133. The lowest BCUT2D eigenvalue weighted by Crippen LogP contribution is -2.52. The van der Waals surface area contributed by atoms with Crippen LogP contribution in [0.3, 0.4) is 0 Å². The Morgan fingerprint density at radius 3 is 1.86 bits per heavy atom. The Hall–Kier alpha value is -2.37. The van der Waals surface area contributed by atoms with Crippen molar-refractivity contribution in [3.05, 3.63) is 35.1 Å². The second-order valence-corrected chi connectivity index (χ2v) is 9.82. The molecule has 246 valence electrons. The summed E-state index contributed by atoms with van der Waals surface area (Å²) in [5.41, 5.74) is 5.90. The number of aliphatic hydroxyl groups is 1. The van der Waals surface area contributed by atoms with Gasteiger partial charge in [-0.3, -0.25) is 14.5 Å². The highest BCUT2D eigenvalue weighted by Crippen LogP contribution is 2.16. The number of rotatable bonds is 23. The molecule has 0 radical (unpaired) electrons. The minimum Gasteiger partial charge on any atom is -0.394 e. The molecule has 0 saturated carbocycles. The molecule has 2 amide bonds. The summed E-state index contributed by atoms with van der Waals surface area (Å²) in [5.74, 6) is -3.69. The van der Waals surface area contributed by atoms with Crippen molar-refractivity contribution in [1.82, 2.24) is 15.1 Å². The molecule has 0 spiro atoms. The Labute approximate surface area is 250 Å². The molecule has 0 aromatic heterocycles. The number of aliphatic hydroxyl groups excluding tert-OH is 1. The molecule has 1 aromatic rings. The molecule has 1 aromatic carbocycles. The number of hydrogen-bond donors (Lipinski definition) is 3. The number of nitrogens with zero attached hydrogens (tertiary/aromatic N) is 2. The summed E-state index contributed by atoms with van der Waals surface area (Å²) < 4.78 is 67.0. The standard InChI is InChI=1S/C28H45F3N4O8/c29-24-20-26(31)25(30)18-22(24)17-23(32)19-28(38)35-4-2-34(3-5-35)21-27(37)33-1-7-39-9-11-41-13-15-43-16-14-42-12-10-40-8-6-36/h18,20,23,36H,1-17,19,21,32H2,(H,33,37)/t23-/m1/s1. The van der Waals surface area contributed by atoms with Gasteiger partial charge in [-0.25, -0.2) is 13.2 Å². The van der Waals surface area contributed by atoms with Gasteiger partial charge in [0, 0.05) is 51.3 Å². The average Bonchev–Trinajstić information content (AvgIpc) is 2.97. The van der Waals surface area contributed by atoms with E-state index in [2.05, 4.69) is 5.32 Å². The predicted molar refractivity (Wildman–Crippen MR) is 150 cm³/mol. The van der Waals surface area contributed by atoms with Gasteiger partial charge >= 0.3 is 0 Å². The van der Waals surface area contributed by atoms with Crippen molar-refractivity contribution >= 4 is 11.8 Å². The zero-order chi connectivity index (χ0) is 31.3. The maximum absolute atomic E-state index is 13.9. The first-order valence-electron chi connectivity index (χ1n) is 14.5. The molecule has 0 bridgehead atoms. The number of halogens is 3. The number of hydrogen-bond acceptors (Lipinski definition) is 10. The molecule has 1 saturated heterocycles. The van der Waals surface area contributed by atoms with Gasteiger partial charge in [0.25, 0.3) is 0 Å². The Kier molecular flexibility index (Phi) is 19.0. The van der Waals surface area contributed by atoms with Gasteiger partial charge in [-0.15, -0.1) is 0 Å². The van der Waals surface area contributed by atoms with E-state index in [4.69, 9.17) is 34.5 Å². The Bertz CT molecular complexity index is 942. The van der Waals surface area contributed by atoms with Crippen molar-refractivity contribution in [3.63, 3.8) is 0 Å². The van der Waals surface area contributed by atoms with Crippen molar-refractivity contribution in [3.8, 4) is 0 Å². The van der Waals surface area contributed by atoms with Gasteiger partial charge in [0.1, 0.15) is 5.82 Å². The zero-order valence-electron chi connectivity index (χ0n) is 24.6. The number of nitrogens with one attached hydrogen (secondary N) is 1. The Morgan fingerprint density at radius 1 is 0.791 bits per heavy atom. The molecule has 0 aliphatic carbocycles. The second kappa shape index (κ2) is 22.2. The van der Waals surface area contributed by atoms with Crippen molar-refractivity contribution in [2.24, 2.45) is 5.73 Å². The molecule has 43 heavy (non-hydrogen) atoms. The molecular weight excluding hydrogens is 577 g/mol. The van der Waals surface area contributed by atoms with Crippen LogP contribution in [0.25, 0.3) is 0 Å². The normalized spacial score (nSPS) is 14.7. The van der Waals surface area contributed by atoms with E-state index >= 15 is 0 Å². The Morgan fingerprint density at radius 2 is 1.30 bits per heavy atom. The van der Waals surface area contributed by atoms with E-state index in [0.717, 1.165) is 6.07 Å². The zero-order valence-corrected chi connectivity index (χ0v) is 24.6. The summed E-state index contributed by atoms with van der Waals surface area (Å²) in [6.07, 6.45) is -0.153. The topological polar surface area (TPSA) is 145 Å². The highest BCUT2D eigenvalue weighted by Gasteiger charge is 2.24. The molecule has 12 nitrogen and oxygen atoms in total. The first-order valence-corrected chi connectivity index (χ1v) is 14.5. The molecule has 4 N–H and O–H groups in total. The van der Waals surface area contributed by atoms with E-state index in [1.54, 1.807) is 4.90 Å². The average molecular weight is 623 g/mol. The SMILES string of the molecule is N[C@@H](CC(=O)N1CCN(CC(=O)NCCOCCOCCOCCOCCOCCO)CC1)Cc1cc(F)c(F)cc1F. The lowest BCUT2D eigenvalue weighted by Gasteiger charge is -2.34. The number of nitrogens with two attached hydrogens (primary N) is 1. The van der Waals surface area contributed by atoms with Crippen molar-refractivity contribution in [2.45, 2.75) is 18.9 Å². The smallest absolute Gasteiger partial charge is 0.234 e. The summed E-state index contributed by atoms with van der Waals surface area (Å²) in [4.78, 5) is 28.4. The van der Waals surface area contributed by atoms with Crippen molar-refractivity contribution < 1.29 is 51.6 Å². The Balaban J connectivity index is 1.42. The van der Waals surface area contributed by atoms with Crippen LogP contribution in [0, 0.1) is 17.5 Å². The highest BCUT2D eigenvalue weighted by molar-refractivity contribution is 5.78. The second-order valence-electron chi connectivity index (χ2n) is 9.82. The third kappa shape index (κ3) is 16.3. The monoisotopic (exact) mass is 622 g/mol. The molecule has 0 unspecified atom stereocenters. The van der Waals surface area contributed by atoms with Crippen LogP contribution < -0.4 is 11.1 Å². The fourth-order valence-corrected chi connectivity index (χ4v) is 4.15. The van der Waals surface area contributed by atoms with Crippen molar-refractivity contribution in [1.29, 1.82) is 0 Å². The third-order valence-corrected chi connectivity index (χ3v) is 6.39. The van der Waals surface area contributed by atoms with E-state index in [9.17, 15) is 22.8 Å². The van der Waals surface area contributed by atoms with Gasteiger partial charge in [-0.05, 0) is 18.1 Å². The molecule has 1 heterocycles. The van der Waals surface area contributed by atoms with E-state index in [1.165, 1.54) is 0 Å². The van der Waals surface area contributed by atoms with Crippen LogP contribution in [0.2, 0.25) is 0 Å². The van der Waals surface area contributed by atoms with Crippen LogP contribution in [0.4, 0.5) is 13.2 Å². The van der Waals surface area contributed by atoms with Crippen LogP contribution in [0.5, 0.6) is 0 Å². The van der Waals surface area contributed by atoms with E-state index in [0.29, 0.717) is 105 Å². The highest BCUT2D eigenvalue weighted by atomic mass is 19.2. The number of benzene rings is 1. The number of amides is 2. The van der Waals surface area contributed by atoms with Crippen molar-refractivity contribution in [2.75, 3.05) is 112 Å². The van der Waals surface area contributed by atoms with Crippen LogP contribution in [0.1, 0.15) is 12.0 Å². The van der Waals surface area contributed by atoms with E-state index in [-0.39, 0.29) is 43.4 Å². The van der Waals surface area contributed by atoms with Gasteiger partial charge < -0.3 is 44.7 Å². The first kappa shape index (κ1) is 36.8. The number of carbonyl (C=O) groups excluding carboxylic acids is 2. The minimum absolute atomic E-state index is 0.00179. The fourth-order valence-electron chi connectivity index (χ4n) is 4.15. The number of piperazine rings is 1. The van der Waals surface area contributed by atoms with Gasteiger partial charge in [-0.2, -0.15) is 0 Å². The van der Waals surface area contributed by atoms with Gasteiger partial charge in [0.2, 0.25) is 11.8 Å². The van der Waals surface area contributed by atoms with Gasteiger partial charge in [0.15, 0.2) is 11.6 Å². The first-order chi connectivity index (χ1) is 20.8. The van der Waals surface area contributed by atoms with Crippen LogP contribution >= 0.6 is 0 Å². The minimum atomic E-state index is -1.27. The maximum Gasteiger partial charge on any atom is 0.234 e. The largest absolute Gasteiger partial charge is 0.394 e. The molecule has 1 aliphatic heterocycles. The molecule has 2 rings (SSSR count). The van der Waals surface area contributed by atoms with E-state index in [1.807, 2.05) is 4.90 Å². The quantitative estimate of drug-likeness (QED) is 0.110. The van der Waals surface area contributed by atoms with Gasteiger partial charge in [-0.1, -0.05) is 0 Å². The number of carbonyl (C=O) groups is 2. The van der Waals surface area contributed by atoms with E-state index < -0.39 is 23.5 Å². The summed E-state index contributed by atoms with van der Waals surface area (Å²) in [7, 11) is 0. The molecule has 1 aliphatic rings. The van der Waals surface area contributed by atoms with Crippen LogP contribution in [-0.4, -0.2) is 145 Å². The summed E-state index contributed by atoms with van der Waals surface area (Å²) in [6, 6.07) is 0.489. The summed E-state index contributed by atoms with van der Waals surface area (Å²) >= 11 is 0. The summed E-state index contributed by atoms with van der Waals surface area (Å²) in [5, 5.41) is 11.4. The molecule has 1 fully saturated rings. The van der Waals surface area contributed by atoms with Gasteiger partial charge in [0.05, 0.1) is 79.2 Å². The molecule has 15 heteroatoms. The third-order valence-electron chi connectivity index (χ3n) is 6.39. The maximum atomic E-state index is 13.9. The molecular formula is C28H45F3N4O8. The lowest BCUT2D eigenvalue weighted by atomic mass is 10.0. The van der Waals surface area contributed by atoms with Crippen LogP contribution in [-0.2, 0) is 39.7 Å². The fraction of sp³-hybridized carbons (Fsp3) is 0.714. The number of ether oxygens (including phenoxy) is 5.